The molecule has 0 spiro atoms. The van der Waals surface area contributed by atoms with Gasteiger partial charge in [0.05, 0.1) is 13.7 Å². The van der Waals surface area contributed by atoms with Gasteiger partial charge < -0.3 is 29.4 Å². The molecule has 4 N–H and O–H groups in total. The van der Waals surface area contributed by atoms with E-state index >= 15 is 0 Å². The number of aliphatic hydroxyl groups is 1. The van der Waals surface area contributed by atoms with Gasteiger partial charge in [0, 0.05) is 36.4 Å². The van der Waals surface area contributed by atoms with Gasteiger partial charge in [0.15, 0.2) is 17.8 Å². The van der Waals surface area contributed by atoms with E-state index in [9.17, 15) is 15.0 Å². The first kappa shape index (κ1) is 16.4. The molecule has 9 heteroatoms. The lowest BCUT2D eigenvalue weighted by Gasteiger charge is -2.27. The highest BCUT2D eigenvalue weighted by atomic mass is 16.5. The lowest BCUT2D eigenvalue weighted by atomic mass is 9.98. The molecule has 26 heavy (non-hydrogen) atoms. The van der Waals surface area contributed by atoms with Crippen molar-refractivity contribution in [1.82, 2.24) is 24.8 Å². The predicted molar refractivity (Wildman–Crippen MR) is 92.3 cm³/mol. The number of carbonyl (C=O) groups excluding carboxylic acids is 1. The third-order valence-electron chi connectivity index (χ3n) is 4.72. The monoisotopic (exact) mass is 357 g/mol. The van der Waals surface area contributed by atoms with E-state index in [1.807, 2.05) is 6.07 Å². The van der Waals surface area contributed by atoms with Crippen LogP contribution in [0.4, 0.5) is 0 Å². The first-order chi connectivity index (χ1) is 12.4. The molecule has 0 saturated carbocycles. The number of aliphatic hydroxyl groups excluding tert-OH is 1. The van der Waals surface area contributed by atoms with Crippen molar-refractivity contribution < 1.29 is 19.7 Å². The minimum Gasteiger partial charge on any atom is -0.497 e. The molecule has 1 aromatic carbocycles. The van der Waals surface area contributed by atoms with Crippen LogP contribution in [0.2, 0.25) is 0 Å². The molecule has 0 aliphatic carbocycles. The Bertz CT molecular complexity index is 994. The molecule has 9 nitrogen and oxygen atoms in total. The zero-order valence-electron chi connectivity index (χ0n) is 14.3. The molecule has 2 unspecified atom stereocenters. The molecule has 136 valence electrons. The summed E-state index contributed by atoms with van der Waals surface area (Å²) >= 11 is 0. The van der Waals surface area contributed by atoms with Crippen LogP contribution in [0, 0.1) is 0 Å². The zero-order chi connectivity index (χ0) is 18.5. The minimum atomic E-state index is -1.33. The molecular weight excluding hydrogens is 338 g/mol. The van der Waals surface area contributed by atoms with Crippen LogP contribution in [-0.4, -0.2) is 43.7 Å². The number of aromatic hydroxyl groups is 1. The van der Waals surface area contributed by atoms with Gasteiger partial charge in [0.2, 0.25) is 0 Å². The molecule has 4 rings (SSSR count). The number of aromatic nitrogens is 3. The highest BCUT2D eigenvalue weighted by Crippen LogP contribution is 2.34. The van der Waals surface area contributed by atoms with Crippen LogP contribution in [0.5, 0.6) is 11.6 Å². The number of fused-ring (bicyclic) bond motifs is 1. The molecule has 1 amide bonds. The Hall–Kier alpha value is -3.04. The molecule has 1 saturated heterocycles. The number of imidazole rings is 1. The fourth-order valence-corrected chi connectivity index (χ4v) is 3.44. The number of amides is 1. The molecule has 3 aromatic rings. The molecule has 1 aliphatic heterocycles. The van der Waals surface area contributed by atoms with Gasteiger partial charge in [-0.15, -0.1) is 0 Å². The number of ether oxygens (including phenoxy) is 1. The molecule has 1 fully saturated rings. The summed E-state index contributed by atoms with van der Waals surface area (Å²) in [4.78, 5) is 17.0. The van der Waals surface area contributed by atoms with E-state index in [-0.39, 0.29) is 12.4 Å². The highest BCUT2D eigenvalue weighted by Gasteiger charge is 2.51. The second kappa shape index (κ2) is 5.75. The summed E-state index contributed by atoms with van der Waals surface area (Å²) in [5.41, 5.74) is -1.33. The first-order valence-corrected chi connectivity index (χ1v) is 8.05. The van der Waals surface area contributed by atoms with E-state index in [0.29, 0.717) is 17.0 Å². The Morgan fingerprint density at radius 1 is 1.42 bits per heavy atom. The molecule has 0 bridgehead atoms. The Balaban J connectivity index is 1.83. The second-order valence-corrected chi connectivity index (χ2v) is 6.32. The fraction of sp³-hybridized carbons (Fsp3) is 0.294. The number of carbonyl (C=O) groups is 1. The van der Waals surface area contributed by atoms with Gasteiger partial charge in [-0.05, 0) is 18.2 Å². The minimum absolute atomic E-state index is 0.00322. The van der Waals surface area contributed by atoms with Crippen molar-refractivity contribution in [2.24, 2.45) is 7.05 Å². The van der Waals surface area contributed by atoms with Crippen LogP contribution < -0.4 is 15.4 Å². The fourth-order valence-electron chi connectivity index (χ4n) is 3.44. The molecule has 2 atom stereocenters. The van der Waals surface area contributed by atoms with E-state index in [1.165, 1.54) is 0 Å². The van der Waals surface area contributed by atoms with Gasteiger partial charge in [-0.3, -0.25) is 10.1 Å². The molecule has 2 aromatic heterocycles. The number of nitrogens with one attached hydrogen (secondary N) is 2. The zero-order valence-corrected chi connectivity index (χ0v) is 14.3. The van der Waals surface area contributed by atoms with Crippen molar-refractivity contribution in [2.45, 2.75) is 18.4 Å². The number of aryl methyl sites for hydroxylation is 1. The van der Waals surface area contributed by atoms with Gasteiger partial charge >= 0.3 is 0 Å². The number of rotatable bonds is 4. The van der Waals surface area contributed by atoms with Crippen molar-refractivity contribution >= 4 is 16.7 Å². The van der Waals surface area contributed by atoms with E-state index in [2.05, 4.69) is 15.6 Å². The van der Waals surface area contributed by atoms with Crippen molar-refractivity contribution in [3.05, 3.63) is 42.6 Å². The summed E-state index contributed by atoms with van der Waals surface area (Å²) in [5, 5.41) is 27.3. The van der Waals surface area contributed by atoms with Crippen LogP contribution in [0.25, 0.3) is 10.8 Å². The average Bonchev–Trinajstić information content (AvgIpc) is 3.25. The van der Waals surface area contributed by atoms with Crippen LogP contribution >= 0.6 is 0 Å². The van der Waals surface area contributed by atoms with Crippen LogP contribution in [-0.2, 0) is 23.9 Å². The summed E-state index contributed by atoms with van der Waals surface area (Å²) in [6.07, 6.45) is 3.84. The molecular formula is C17H19N5O4. The SMILES string of the molecule is COc1ccc2cn(CC3(c4nccn4C)NC(O)NC3=O)c(O)c2c1. The van der Waals surface area contributed by atoms with E-state index in [0.717, 1.165) is 5.39 Å². The van der Waals surface area contributed by atoms with Crippen molar-refractivity contribution in [3.63, 3.8) is 0 Å². The number of hydrogen-bond acceptors (Lipinski definition) is 6. The topological polar surface area (TPSA) is 114 Å². The standard InChI is InChI=1S/C17H19N5O4/c1-21-6-5-18-14(21)17(15(24)19-16(25)20-17)9-22-8-10-3-4-11(26-2)7-12(10)13(22)23/h3-8,16,20,23,25H,9H2,1-2H3,(H,19,24). The molecule has 3 heterocycles. The van der Waals surface area contributed by atoms with E-state index < -0.39 is 17.8 Å². The van der Waals surface area contributed by atoms with Crippen LogP contribution in [0.1, 0.15) is 5.82 Å². The maximum absolute atomic E-state index is 12.7. The Kier molecular flexibility index (Phi) is 3.63. The lowest BCUT2D eigenvalue weighted by molar-refractivity contribution is -0.125. The number of hydrogen-bond donors (Lipinski definition) is 4. The second-order valence-electron chi connectivity index (χ2n) is 6.32. The Labute approximate surface area is 148 Å². The molecule has 0 radical (unpaired) electrons. The van der Waals surface area contributed by atoms with Crippen molar-refractivity contribution in [3.8, 4) is 11.6 Å². The quantitative estimate of drug-likeness (QED) is 0.522. The third kappa shape index (κ3) is 2.32. The van der Waals surface area contributed by atoms with Crippen molar-refractivity contribution in [2.75, 3.05) is 7.11 Å². The highest BCUT2D eigenvalue weighted by molar-refractivity contribution is 5.91. The third-order valence-corrected chi connectivity index (χ3v) is 4.72. The first-order valence-electron chi connectivity index (χ1n) is 8.05. The summed E-state index contributed by atoms with van der Waals surface area (Å²) < 4.78 is 8.46. The smallest absolute Gasteiger partial charge is 0.253 e. The maximum atomic E-state index is 12.7. The van der Waals surface area contributed by atoms with Crippen LogP contribution in [0.15, 0.2) is 36.8 Å². The number of methoxy groups -OCH3 is 1. The van der Waals surface area contributed by atoms with Gasteiger partial charge in [-0.25, -0.2) is 4.98 Å². The van der Waals surface area contributed by atoms with Crippen LogP contribution in [0.3, 0.4) is 0 Å². The Morgan fingerprint density at radius 2 is 2.23 bits per heavy atom. The van der Waals surface area contributed by atoms with Gasteiger partial charge in [-0.1, -0.05) is 0 Å². The number of nitrogens with zero attached hydrogens (tertiary/aromatic N) is 3. The number of benzene rings is 1. The van der Waals surface area contributed by atoms with E-state index in [4.69, 9.17) is 4.74 Å². The average molecular weight is 357 g/mol. The van der Waals surface area contributed by atoms with Gasteiger partial charge in [0.25, 0.3) is 5.91 Å². The lowest BCUT2D eigenvalue weighted by Crippen LogP contribution is -2.49. The molecule has 1 aliphatic rings. The summed E-state index contributed by atoms with van der Waals surface area (Å²) in [5.74, 6) is 0.635. The van der Waals surface area contributed by atoms with Gasteiger partial charge in [-0.2, -0.15) is 0 Å². The normalized spacial score (nSPS) is 22.7. The van der Waals surface area contributed by atoms with E-state index in [1.54, 1.807) is 54.0 Å². The predicted octanol–water partition coefficient (Wildman–Crippen LogP) is -0.0202. The van der Waals surface area contributed by atoms with Crippen molar-refractivity contribution in [1.29, 1.82) is 0 Å². The summed E-state index contributed by atoms with van der Waals surface area (Å²) in [6, 6.07) is 5.35. The summed E-state index contributed by atoms with van der Waals surface area (Å²) in [7, 11) is 3.32. The van der Waals surface area contributed by atoms with Gasteiger partial charge in [0.1, 0.15) is 11.6 Å². The Morgan fingerprint density at radius 3 is 2.85 bits per heavy atom. The summed E-state index contributed by atoms with van der Waals surface area (Å²) in [6.45, 7) is 0.0452. The largest absolute Gasteiger partial charge is 0.497 e. The maximum Gasteiger partial charge on any atom is 0.253 e.